The summed E-state index contributed by atoms with van der Waals surface area (Å²) < 4.78 is 0. The summed E-state index contributed by atoms with van der Waals surface area (Å²) in [6, 6.07) is 0. The molecule has 0 spiro atoms. The Hall–Kier alpha value is -1.12. The van der Waals surface area contributed by atoms with E-state index in [9.17, 15) is 0 Å². The van der Waals surface area contributed by atoms with Gasteiger partial charge in [0.15, 0.2) is 0 Å². The summed E-state index contributed by atoms with van der Waals surface area (Å²) in [5, 5.41) is 6.50. The predicted octanol–water partition coefficient (Wildman–Crippen LogP) is 2.01. The molecular formula is C8H13N3. The van der Waals surface area contributed by atoms with Crippen LogP contribution in [0.5, 0.6) is 0 Å². The number of allylic oxidation sites excluding steroid dienone is 1. The van der Waals surface area contributed by atoms with Gasteiger partial charge in [0, 0.05) is 0 Å². The third-order valence-corrected chi connectivity index (χ3v) is 1.43. The molecule has 3 nitrogen and oxygen atoms in total. The minimum Gasteiger partial charge on any atom is -0.260 e. The summed E-state index contributed by atoms with van der Waals surface area (Å²) in [6.45, 7) is 2.18. The number of nitrogens with one attached hydrogen (secondary N) is 1. The molecule has 60 valence electrons. The standard InChI is InChI=1S/C8H13N3/c1-2-3-4-5-6-8-9-7-10-11-8/h5-7H,2-4H2,1H3,(H,9,10,11). The number of aromatic nitrogens is 3. The zero-order valence-electron chi connectivity index (χ0n) is 6.75. The summed E-state index contributed by atoms with van der Waals surface area (Å²) in [5.74, 6) is 0.834. The number of rotatable bonds is 4. The lowest BCUT2D eigenvalue weighted by Gasteiger charge is -1.86. The fraction of sp³-hybridized carbons (Fsp3) is 0.500. The molecule has 11 heavy (non-hydrogen) atoms. The number of H-pyrrole nitrogens is 1. The molecule has 1 aromatic rings. The highest BCUT2D eigenvalue weighted by Crippen LogP contribution is 1.97. The van der Waals surface area contributed by atoms with Crippen LogP contribution in [0.1, 0.15) is 32.0 Å². The van der Waals surface area contributed by atoms with E-state index in [1.54, 1.807) is 0 Å². The molecule has 0 aliphatic heterocycles. The average molecular weight is 151 g/mol. The average Bonchev–Trinajstić information content (AvgIpc) is 2.50. The Morgan fingerprint density at radius 2 is 2.55 bits per heavy atom. The molecule has 1 aromatic heterocycles. The van der Waals surface area contributed by atoms with Crippen molar-refractivity contribution >= 4 is 6.08 Å². The quantitative estimate of drug-likeness (QED) is 0.669. The van der Waals surface area contributed by atoms with Gasteiger partial charge in [-0.1, -0.05) is 25.8 Å². The van der Waals surface area contributed by atoms with Crippen LogP contribution in [0.2, 0.25) is 0 Å². The van der Waals surface area contributed by atoms with Gasteiger partial charge in [0.05, 0.1) is 0 Å². The first-order chi connectivity index (χ1) is 5.43. The highest BCUT2D eigenvalue weighted by atomic mass is 15.2. The molecule has 0 bridgehead atoms. The van der Waals surface area contributed by atoms with Crippen molar-refractivity contribution in [2.75, 3.05) is 0 Å². The first-order valence-electron chi connectivity index (χ1n) is 3.95. The van der Waals surface area contributed by atoms with Crippen molar-refractivity contribution in [2.45, 2.75) is 26.2 Å². The molecule has 0 radical (unpaired) electrons. The van der Waals surface area contributed by atoms with E-state index in [-0.39, 0.29) is 0 Å². The zero-order valence-corrected chi connectivity index (χ0v) is 6.75. The normalized spacial score (nSPS) is 11.0. The highest BCUT2D eigenvalue weighted by molar-refractivity contribution is 5.37. The van der Waals surface area contributed by atoms with E-state index in [2.05, 4.69) is 28.2 Å². The summed E-state index contributed by atoms with van der Waals surface area (Å²) in [4.78, 5) is 3.96. The molecule has 1 rings (SSSR count). The van der Waals surface area contributed by atoms with E-state index in [4.69, 9.17) is 0 Å². The fourth-order valence-electron chi connectivity index (χ4n) is 0.812. The van der Waals surface area contributed by atoms with Crippen molar-refractivity contribution in [2.24, 2.45) is 0 Å². The maximum absolute atomic E-state index is 3.96. The number of aromatic amines is 1. The summed E-state index contributed by atoms with van der Waals surface area (Å²) in [6.07, 6.45) is 9.19. The monoisotopic (exact) mass is 151 g/mol. The van der Waals surface area contributed by atoms with Gasteiger partial charge in [-0.25, -0.2) is 4.98 Å². The van der Waals surface area contributed by atoms with Gasteiger partial charge in [0.2, 0.25) is 0 Å². The van der Waals surface area contributed by atoms with Crippen molar-refractivity contribution in [3.63, 3.8) is 0 Å². The molecule has 0 aliphatic carbocycles. The molecule has 0 saturated carbocycles. The zero-order chi connectivity index (χ0) is 7.94. The molecule has 0 aromatic carbocycles. The molecular weight excluding hydrogens is 138 g/mol. The Bertz CT molecular complexity index is 201. The topological polar surface area (TPSA) is 41.6 Å². The molecule has 0 aliphatic rings. The summed E-state index contributed by atoms with van der Waals surface area (Å²) in [5.41, 5.74) is 0. The molecule has 0 unspecified atom stereocenters. The first-order valence-corrected chi connectivity index (χ1v) is 3.95. The van der Waals surface area contributed by atoms with Crippen molar-refractivity contribution < 1.29 is 0 Å². The van der Waals surface area contributed by atoms with Gasteiger partial charge >= 0.3 is 0 Å². The van der Waals surface area contributed by atoms with Gasteiger partial charge in [-0.2, -0.15) is 5.10 Å². The van der Waals surface area contributed by atoms with Crippen LogP contribution < -0.4 is 0 Å². The van der Waals surface area contributed by atoms with Gasteiger partial charge in [0.25, 0.3) is 0 Å². The smallest absolute Gasteiger partial charge is 0.147 e. The number of nitrogens with zero attached hydrogens (tertiary/aromatic N) is 2. The lowest BCUT2D eigenvalue weighted by Crippen LogP contribution is -1.74. The van der Waals surface area contributed by atoms with Crippen LogP contribution >= 0.6 is 0 Å². The van der Waals surface area contributed by atoms with E-state index in [1.165, 1.54) is 19.2 Å². The van der Waals surface area contributed by atoms with Crippen molar-refractivity contribution in [1.82, 2.24) is 15.2 Å². The van der Waals surface area contributed by atoms with Crippen LogP contribution in [0.25, 0.3) is 6.08 Å². The van der Waals surface area contributed by atoms with Gasteiger partial charge in [-0.15, -0.1) is 0 Å². The second-order valence-electron chi connectivity index (χ2n) is 2.42. The second kappa shape index (κ2) is 4.66. The minimum atomic E-state index is 0.834. The fourth-order valence-corrected chi connectivity index (χ4v) is 0.812. The number of hydrogen-bond donors (Lipinski definition) is 1. The lowest BCUT2D eigenvalue weighted by atomic mass is 10.2. The number of unbranched alkanes of at least 4 members (excludes halogenated alkanes) is 2. The second-order valence-corrected chi connectivity index (χ2v) is 2.42. The molecule has 0 amide bonds. The SMILES string of the molecule is CCCCC=Cc1ncn[nH]1. The van der Waals surface area contributed by atoms with Crippen LogP contribution in [-0.4, -0.2) is 15.2 Å². The predicted molar refractivity (Wildman–Crippen MR) is 44.9 cm³/mol. The van der Waals surface area contributed by atoms with Gasteiger partial charge in [0.1, 0.15) is 12.2 Å². The van der Waals surface area contributed by atoms with Crippen molar-refractivity contribution in [3.05, 3.63) is 18.2 Å². The molecule has 0 saturated heterocycles. The molecule has 0 atom stereocenters. The van der Waals surface area contributed by atoms with E-state index < -0.39 is 0 Å². The van der Waals surface area contributed by atoms with Crippen molar-refractivity contribution in [3.8, 4) is 0 Å². The lowest BCUT2D eigenvalue weighted by molar-refractivity contribution is 0.816. The molecule has 1 N–H and O–H groups in total. The first kappa shape index (κ1) is 7.98. The molecule has 1 heterocycles. The molecule has 0 fully saturated rings. The highest BCUT2D eigenvalue weighted by Gasteiger charge is 1.85. The molecule has 3 heteroatoms. The van der Waals surface area contributed by atoms with Crippen LogP contribution in [0.15, 0.2) is 12.4 Å². The van der Waals surface area contributed by atoms with Crippen LogP contribution in [0.3, 0.4) is 0 Å². The van der Waals surface area contributed by atoms with E-state index in [0.717, 1.165) is 12.2 Å². The van der Waals surface area contributed by atoms with Gasteiger partial charge in [-0.3, -0.25) is 5.10 Å². The van der Waals surface area contributed by atoms with Crippen LogP contribution in [0.4, 0.5) is 0 Å². The third kappa shape index (κ3) is 2.98. The summed E-state index contributed by atoms with van der Waals surface area (Å²) >= 11 is 0. The van der Waals surface area contributed by atoms with Gasteiger partial charge in [-0.05, 0) is 12.5 Å². The summed E-state index contributed by atoms with van der Waals surface area (Å²) in [7, 11) is 0. The van der Waals surface area contributed by atoms with Crippen molar-refractivity contribution in [1.29, 1.82) is 0 Å². The Balaban J connectivity index is 2.25. The number of hydrogen-bond acceptors (Lipinski definition) is 2. The minimum absolute atomic E-state index is 0.834. The maximum Gasteiger partial charge on any atom is 0.147 e. The van der Waals surface area contributed by atoms with E-state index in [0.29, 0.717) is 0 Å². The Morgan fingerprint density at radius 1 is 1.64 bits per heavy atom. The van der Waals surface area contributed by atoms with E-state index in [1.807, 2.05) is 6.08 Å². The van der Waals surface area contributed by atoms with Crippen LogP contribution in [0, 0.1) is 0 Å². The Kier molecular flexibility index (Phi) is 3.38. The van der Waals surface area contributed by atoms with E-state index >= 15 is 0 Å². The van der Waals surface area contributed by atoms with Crippen LogP contribution in [-0.2, 0) is 0 Å². The van der Waals surface area contributed by atoms with Gasteiger partial charge < -0.3 is 0 Å². The maximum atomic E-state index is 3.96. The third-order valence-electron chi connectivity index (χ3n) is 1.43. The Labute approximate surface area is 66.5 Å². The largest absolute Gasteiger partial charge is 0.260 e. The Morgan fingerprint density at radius 3 is 3.18 bits per heavy atom.